The molecule has 0 fully saturated rings. The van der Waals surface area contributed by atoms with Crippen LogP contribution in [0.4, 0.5) is 22.7 Å². The monoisotopic (exact) mass is 963 g/mol. The van der Waals surface area contributed by atoms with Crippen LogP contribution in [0.15, 0.2) is 187 Å². The van der Waals surface area contributed by atoms with E-state index in [2.05, 4.69) is 228 Å². The summed E-state index contributed by atoms with van der Waals surface area (Å²) in [7, 11) is 0. The van der Waals surface area contributed by atoms with E-state index in [9.17, 15) is 5.11 Å². The van der Waals surface area contributed by atoms with Gasteiger partial charge in [0.1, 0.15) is 18.1 Å². The maximum Gasteiger partial charge on any atom is 0.146 e. The molecule has 1 heterocycles. The third-order valence-corrected chi connectivity index (χ3v) is 12.0. The number of para-hydroxylation sites is 2. The predicted octanol–water partition coefficient (Wildman–Crippen LogP) is 20.1. The molecule has 6 aromatic rings. The van der Waals surface area contributed by atoms with Crippen LogP contribution in [-0.2, 0) is 4.74 Å². The molecular formula is C68H86N2O2. The summed E-state index contributed by atoms with van der Waals surface area (Å²) in [5.74, 6) is 1.04. The average Bonchev–Trinajstić information content (AvgIpc) is 3.53. The molecule has 6 aromatic carbocycles. The Balaban J connectivity index is 0.000000817. The van der Waals surface area contributed by atoms with E-state index in [1.807, 2.05) is 45.9 Å². The minimum Gasteiger partial charge on any atom is -0.506 e. The zero-order valence-corrected chi connectivity index (χ0v) is 47.0. The lowest BCUT2D eigenvalue weighted by molar-refractivity contribution is 0.244. The van der Waals surface area contributed by atoms with Gasteiger partial charge < -0.3 is 19.6 Å². The first-order valence-corrected chi connectivity index (χ1v) is 26.1. The van der Waals surface area contributed by atoms with Gasteiger partial charge in [0.2, 0.25) is 0 Å². The fourth-order valence-corrected chi connectivity index (χ4v) is 8.91. The Morgan fingerprint density at radius 2 is 1.31 bits per heavy atom. The first-order valence-electron chi connectivity index (χ1n) is 26.1. The van der Waals surface area contributed by atoms with Gasteiger partial charge in [0, 0.05) is 34.1 Å². The molecule has 1 aliphatic heterocycles. The Kier molecular flexibility index (Phi) is 24.2. The number of hydrogen-bond acceptors (Lipinski definition) is 4. The standard InChI is InChI=1S/C53H50N2O2.C6H12.C3H8.2C2H6.C2H4/c1-9-44(53-39(8)36(5)15-12-14-35(4)32-57-53)54(45-27-20-33(2)30-37(45)6)48-29-24-41-23-26-42-47(18-13-16-40-22-25-43(48)52(41)51(40)42)55(49-17-10-11-19-50(49)56)46-28-21-34(3)31-38(46)7;1-4-5-6(2)3;1-3-2;3*1-2/h9-17,19-31,56H,5,18,32H2,1-4,6-8H3;5H,4H2,1-3H3;3H2,1-2H3;2*1-2H3;1-2H2/b15-12-,35-14-,44-9+,53-39-;;;;;. The third kappa shape index (κ3) is 14.1. The average molecular weight is 963 g/mol. The van der Waals surface area contributed by atoms with Crippen molar-refractivity contribution in [3.63, 3.8) is 0 Å². The molecule has 72 heavy (non-hydrogen) atoms. The predicted molar refractivity (Wildman–Crippen MR) is 322 cm³/mol. The fourth-order valence-electron chi connectivity index (χ4n) is 8.91. The molecule has 2 aliphatic rings. The number of benzene rings is 6. The SMILES string of the molecule is C=C.C=C1/C=C\C=C(\C)COC(/C(=C\C)N(c2ccc(C)cc2C)c2ccc3ccc4c5c(ccc2c35)C=CCC=4N(c2ccc(C)cc2C)c2ccccc2O)=C\1C.CC.CC.CCC.CCC=C(C)C. The van der Waals surface area contributed by atoms with E-state index in [1.165, 1.54) is 56.8 Å². The first kappa shape index (κ1) is 59.3. The van der Waals surface area contributed by atoms with E-state index >= 15 is 0 Å². The van der Waals surface area contributed by atoms with E-state index in [0.717, 1.165) is 72.8 Å². The maximum atomic E-state index is 11.4. The lowest BCUT2D eigenvalue weighted by Crippen LogP contribution is -2.24. The fraction of sp³-hybridized carbons (Fsp3) is 0.294. The quantitative estimate of drug-likeness (QED) is 0.154. The van der Waals surface area contributed by atoms with E-state index in [1.54, 1.807) is 6.07 Å². The van der Waals surface area contributed by atoms with E-state index in [4.69, 9.17) is 4.74 Å². The largest absolute Gasteiger partial charge is 0.506 e. The number of aromatic hydroxyl groups is 1. The molecule has 0 saturated carbocycles. The Labute approximate surface area is 436 Å². The number of hydrogen-bond donors (Lipinski definition) is 1. The maximum absolute atomic E-state index is 11.4. The van der Waals surface area contributed by atoms with Crippen LogP contribution in [0.2, 0.25) is 0 Å². The number of phenolic OH excluding ortho intramolecular Hbond substituents is 1. The van der Waals surface area contributed by atoms with Gasteiger partial charge in [0.25, 0.3) is 0 Å². The van der Waals surface area contributed by atoms with Gasteiger partial charge in [-0.2, -0.15) is 0 Å². The summed E-state index contributed by atoms with van der Waals surface area (Å²) in [4.78, 5) is 4.64. The minimum atomic E-state index is 0.239. The topological polar surface area (TPSA) is 35.9 Å². The molecule has 0 spiro atoms. The number of aryl methyl sites for hydroxylation is 4. The molecule has 0 radical (unpaired) electrons. The number of anilines is 4. The summed E-state index contributed by atoms with van der Waals surface area (Å²) >= 11 is 0. The normalized spacial score (nSPS) is 14.9. The number of allylic oxidation sites excluding steroid dienone is 8. The van der Waals surface area contributed by atoms with Crippen molar-refractivity contribution in [3.05, 3.63) is 220 Å². The van der Waals surface area contributed by atoms with Gasteiger partial charge >= 0.3 is 0 Å². The number of rotatable bonds is 8. The van der Waals surface area contributed by atoms with E-state index in [0.29, 0.717) is 13.0 Å². The van der Waals surface area contributed by atoms with Crippen LogP contribution >= 0.6 is 0 Å². The second-order valence-corrected chi connectivity index (χ2v) is 17.9. The second kappa shape index (κ2) is 29.3. The molecule has 1 aliphatic carbocycles. The van der Waals surface area contributed by atoms with Crippen LogP contribution in [0.3, 0.4) is 0 Å². The van der Waals surface area contributed by atoms with Gasteiger partial charge in [-0.25, -0.2) is 0 Å². The number of nitrogens with zero attached hydrogens (tertiary/aromatic N) is 2. The van der Waals surface area contributed by atoms with Gasteiger partial charge in [-0.15, -0.1) is 13.2 Å². The summed E-state index contributed by atoms with van der Waals surface area (Å²) < 4.78 is 6.77. The van der Waals surface area contributed by atoms with Crippen molar-refractivity contribution in [2.75, 3.05) is 16.4 Å². The molecule has 0 bridgehead atoms. The molecular weight excluding hydrogens is 877 g/mol. The van der Waals surface area contributed by atoms with Crippen LogP contribution in [-0.4, -0.2) is 11.7 Å². The molecule has 0 aromatic heterocycles. The zero-order valence-electron chi connectivity index (χ0n) is 47.0. The van der Waals surface area contributed by atoms with E-state index in [-0.39, 0.29) is 5.75 Å². The Morgan fingerprint density at radius 1 is 0.708 bits per heavy atom. The molecule has 0 unspecified atom stereocenters. The van der Waals surface area contributed by atoms with Crippen LogP contribution in [0.25, 0.3) is 33.3 Å². The highest BCUT2D eigenvalue weighted by Gasteiger charge is 2.27. The lowest BCUT2D eigenvalue weighted by atomic mass is 9.92. The Morgan fingerprint density at radius 3 is 1.88 bits per heavy atom. The molecule has 380 valence electrons. The van der Waals surface area contributed by atoms with Crippen molar-refractivity contribution in [2.45, 2.75) is 130 Å². The molecule has 4 nitrogen and oxygen atoms in total. The summed E-state index contributed by atoms with van der Waals surface area (Å²) in [5, 5.41) is 17.2. The van der Waals surface area contributed by atoms with Crippen molar-refractivity contribution in [2.24, 2.45) is 0 Å². The summed E-state index contributed by atoms with van der Waals surface area (Å²) in [6.07, 6.45) is 18.2. The molecule has 1 N–H and O–H groups in total. The van der Waals surface area contributed by atoms with Crippen molar-refractivity contribution in [1.82, 2.24) is 0 Å². The van der Waals surface area contributed by atoms with Crippen LogP contribution in [0.5, 0.6) is 5.75 Å². The zero-order chi connectivity index (χ0) is 53.7. The van der Waals surface area contributed by atoms with Gasteiger partial charge in [-0.05, 0) is 149 Å². The second-order valence-electron chi connectivity index (χ2n) is 17.9. The van der Waals surface area contributed by atoms with Crippen molar-refractivity contribution < 1.29 is 9.84 Å². The molecule has 0 atom stereocenters. The Hall–Kier alpha value is -7.04. The lowest BCUT2D eigenvalue weighted by Gasteiger charge is -2.33. The molecule has 8 rings (SSSR count). The highest BCUT2D eigenvalue weighted by Crippen LogP contribution is 2.45. The minimum absolute atomic E-state index is 0.239. The van der Waals surface area contributed by atoms with Crippen LogP contribution in [0, 0.1) is 27.7 Å². The third-order valence-electron chi connectivity index (χ3n) is 12.0. The van der Waals surface area contributed by atoms with Crippen molar-refractivity contribution in [3.8, 4) is 5.75 Å². The molecule has 0 saturated heterocycles. The number of phenols is 1. The number of ether oxygens (including phenoxy) is 1. The van der Waals surface area contributed by atoms with Gasteiger partial charge in [-0.1, -0.05) is 187 Å². The Bertz CT molecular complexity index is 3020. The first-order chi connectivity index (χ1) is 34.7. The summed E-state index contributed by atoms with van der Waals surface area (Å²) in [5.41, 5.74) is 16.3. The van der Waals surface area contributed by atoms with Gasteiger partial charge in [0.15, 0.2) is 0 Å². The van der Waals surface area contributed by atoms with Crippen LogP contribution in [0.1, 0.15) is 130 Å². The van der Waals surface area contributed by atoms with E-state index < -0.39 is 0 Å². The highest BCUT2D eigenvalue weighted by molar-refractivity contribution is 6.18. The highest BCUT2D eigenvalue weighted by atomic mass is 16.5. The van der Waals surface area contributed by atoms with Crippen LogP contribution < -0.4 is 15.0 Å². The van der Waals surface area contributed by atoms with Crippen molar-refractivity contribution >= 4 is 56.1 Å². The molecule has 0 amide bonds. The van der Waals surface area contributed by atoms with Gasteiger partial charge in [-0.3, -0.25) is 0 Å². The summed E-state index contributed by atoms with van der Waals surface area (Å²) in [6, 6.07) is 34.5. The van der Waals surface area contributed by atoms with Gasteiger partial charge in [0.05, 0.1) is 17.1 Å². The molecule has 4 heteroatoms. The van der Waals surface area contributed by atoms with Crippen molar-refractivity contribution in [1.29, 1.82) is 0 Å². The smallest absolute Gasteiger partial charge is 0.146 e. The summed E-state index contributed by atoms with van der Waals surface area (Å²) in [6.45, 7) is 44.4.